The Labute approximate surface area is 125 Å². The lowest BCUT2D eigenvalue weighted by molar-refractivity contribution is 0.581. The van der Waals surface area contributed by atoms with E-state index in [2.05, 4.69) is 9.71 Å². The molecule has 1 heterocycles. The van der Waals surface area contributed by atoms with Crippen LogP contribution in [0, 0.1) is 0 Å². The second-order valence-corrected chi connectivity index (χ2v) is 6.48. The summed E-state index contributed by atoms with van der Waals surface area (Å²) < 4.78 is 26.9. The second kappa shape index (κ2) is 7.31. The molecule has 1 aromatic heterocycles. The summed E-state index contributed by atoms with van der Waals surface area (Å²) in [7, 11) is -3.49. The van der Waals surface area contributed by atoms with Gasteiger partial charge in [-0.2, -0.15) is 0 Å². The second-order valence-electron chi connectivity index (χ2n) is 4.72. The zero-order chi connectivity index (χ0) is 15.1. The van der Waals surface area contributed by atoms with Crippen LogP contribution >= 0.6 is 0 Å². The van der Waals surface area contributed by atoms with Crippen LogP contribution < -0.4 is 10.5 Å². The van der Waals surface area contributed by atoms with Gasteiger partial charge in [0.25, 0.3) is 0 Å². The Morgan fingerprint density at radius 1 is 1.00 bits per heavy atom. The van der Waals surface area contributed by atoms with Crippen molar-refractivity contribution in [3.63, 3.8) is 0 Å². The van der Waals surface area contributed by atoms with Gasteiger partial charge in [0.15, 0.2) is 0 Å². The molecule has 2 rings (SSSR count). The highest BCUT2D eigenvalue weighted by molar-refractivity contribution is 7.89. The number of nitrogens with zero attached hydrogens (tertiary/aromatic N) is 1. The minimum Gasteiger partial charge on any atom is -0.330 e. The van der Waals surface area contributed by atoms with Crippen LogP contribution in [0.1, 0.15) is 17.5 Å². The van der Waals surface area contributed by atoms with E-state index in [0.29, 0.717) is 6.54 Å². The minimum atomic E-state index is -3.49. The van der Waals surface area contributed by atoms with E-state index in [1.54, 1.807) is 36.7 Å². The number of hydrogen-bond donors (Lipinski definition) is 2. The standard InChI is InChI=1S/C15H19N3O2S/c16-9-1-2-13-3-5-15(6-4-13)21(19,20)18-12-14-7-10-17-11-8-14/h3-8,10-11,18H,1-2,9,12,16H2. The number of sulfonamides is 1. The van der Waals surface area contributed by atoms with Crippen molar-refractivity contribution in [1.82, 2.24) is 9.71 Å². The summed E-state index contributed by atoms with van der Waals surface area (Å²) in [6, 6.07) is 10.5. The number of benzene rings is 1. The topological polar surface area (TPSA) is 85.1 Å². The Morgan fingerprint density at radius 2 is 1.67 bits per heavy atom. The largest absolute Gasteiger partial charge is 0.330 e. The molecule has 0 bridgehead atoms. The first-order chi connectivity index (χ1) is 10.1. The Hall–Kier alpha value is -1.76. The van der Waals surface area contributed by atoms with E-state index < -0.39 is 10.0 Å². The molecule has 0 amide bonds. The quantitative estimate of drug-likeness (QED) is 0.811. The van der Waals surface area contributed by atoms with E-state index in [0.717, 1.165) is 24.0 Å². The Bertz CT molecular complexity index is 655. The minimum absolute atomic E-state index is 0.250. The van der Waals surface area contributed by atoms with E-state index in [9.17, 15) is 8.42 Å². The molecule has 112 valence electrons. The molecule has 0 aliphatic rings. The maximum Gasteiger partial charge on any atom is 0.240 e. The maximum atomic E-state index is 12.2. The lowest BCUT2D eigenvalue weighted by atomic mass is 10.1. The van der Waals surface area contributed by atoms with Gasteiger partial charge in [-0.25, -0.2) is 13.1 Å². The van der Waals surface area contributed by atoms with Gasteiger partial charge in [0, 0.05) is 18.9 Å². The van der Waals surface area contributed by atoms with Gasteiger partial charge in [0.1, 0.15) is 0 Å². The third-order valence-corrected chi connectivity index (χ3v) is 4.54. The van der Waals surface area contributed by atoms with Gasteiger partial charge in [-0.3, -0.25) is 4.98 Å². The molecule has 21 heavy (non-hydrogen) atoms. The Morgan fingerprint density at radius 3 is 2.29 bits per heavy atom. The van der Waals surface area contributed by atoms with Crippen molar-refractivity contribution in [1.29, 1.82) is 0 Å². The van der Waals surface area contributed by atoms with E-state index in [1.807, 2.05) is 12.1 Å². The SMILES string of the molecule is NCCCc1ccc(S(=O)(=O)NCc2ccncc2)cc1. The van der Waals surface area contributed by atoms with E-state index in [-0.39, 0.29) is 11.4 Å². The summed E-state index contributed by atoms with van der Waals surface area (Å²) >= 11 is 0. The molecule has 0 spiro atoms. The van der Waals surface area contributed by atoms with Crippen LogP contribution in [0.3, 0.4) is 0 Å². The maximum absolute atomic E-state index is 12.2. The van der Waals surface area contributed by atoms with E-state index in [1.165, 1.54) is 0 Å². The van der Waals surface area contributed by atoms with E-state index >= 15 is 0 Å². The summed E-state index contributed by atoms with van der Waals surface area (Å²) in [4.78, 5) is 4.17. The normalized spacial score (nSPS) is 11.5. The van der Waals surface area contributed by atoms with Crippen molar-refractivity contribution in [2.75, 3.05) is 6.54 Å². The average molecular weight is 305 g/mol. The Kier molecular flexibility index (Phi) is 5.44. The van der Waals surface area contributed by atoms with Crippen molar-refractivity contribution < 1.29 is 8.42 Å². The van der Waals surface area contributed by atoms with Gasteiger partial charge in [-0.1, -0.05) is 12.1 Å². The third-order valence-electron chi connectivity index (χ3n) is 3.12. The van der Waals surface area contributed by atoms with Crippen LogP contribution in [0.5, 0.6) is 0 Å². The molecule has 0 saturated heterocycles. The van der Waals surface area contributed by atoms with Crippen LogP contribution in [0.15, 0.2) is 53.7 Å². The molecule has 0 atom stereocenters. The lowest BCUT2D eigenvalue weighted by Crippen LogP contribution is -2.23. The highest BCUT2D eigenvalue weighted by Crippen LogP contribution is 2.12. The zero-order valence-corrected chi connectivity index (χ0v) is 12.5. The molecule has 0 unspecified atom stereocenters. The van der Waals surface area contributed by atoms with Gasteiger partial charge in [0.05, 0.1) is 4.90 Å². The summed E-state index contributed by atoms with van der Waals surface area (Å²) in [5.41, 5.74) is 7.42. The molecule has 5 nitrogen and oxygen atoms in total. The zero-order valence-electron chi connectivity index (χ0n) is 11.7. The average Bonchev–Trinajstić information content (AvgIpc) is 2.52. The first-order valence-electron chi connectivity index (χ1n) is 6.79. The number of aromatic nitrogens is 1. The molecule has 0 radical (unpaired) electrons. The molecule has 1 aromatic carbocycles. The first-order valence-corrected chi connectivity index (χ1v) is 8.28. The number of nitrogens with one attached hydrogen (secondary N) is 1. The monoisotopic (exact) mass is 305 g/mol. The molecule has 6 heteroatoms. The predicted molar refractivity (Wildman–Crippen MR) is 82.1 cm³/mol. The fraction of sp³-hybridized carbons (Fsp3) is 0.267. The van der Waals surface area contributed by atoms with Crippen molar-refractivity contribution in [2.24, 2.45) is 5.73 Å². The fourth-order valence-electron chi connectivity index (χ4n) is 1.90. The molecule has 2 aromatic rings. The molecular weight excluding hydrogens is 286 g/mol. The van der Waals surface area contributed by atoms with Gasteiger partial charge >= 0.3 is 0 Å². The molecular formula is C15H19N3O2S. The fourth-order valence-corrected chi connectivity index (χ4v) is 2.92. The Balaban J connectivity index is 2.02. The number of nitrogens with two attached hydrogens (primary N) is 1. The van der Waals surface area contributed by atoms with Crippen molar-refractivity contribution in [3.8, 4) is 0 Å². The van der Waals surface area contributed by atoms with Crippen LogP contribution in [0.25, 0.3) is 0 Å². The number of hydrogen-bond acceptors (Lipinski definition) is 4. The van der Waals surface area contributed by atoms with Gasteiger partial charge < -0.3 is 5.73 Å². The summed E-state index contributed by atoms with van der Waals surface area (Å²) in [5, 5.41) is 0. The van der Waals surface area contributed by atoms with Crippen LogP contribution in [0.2, 0.25) is 0 Å². The van der Waals surface area contributed by atoms with Crippen LogP contribution in [-0.4, -0.2) is 19.9 Å². The molecule has 0 aliphatic carbocycles. The molecule has 0 saturated carbocycles. The third kappa shape index (κ3) is 4.63. The summed E-state index contributed by atoms with van der Waals surface area (Å²) in [5.74, 6) is 0. The molecule has 0 aliphatic heterocycles. The highest BCUT2D eigenvalue weighted by Gasteiger charge is 2.13. The smallest absolute Gasteiger partial charge is 0.240 e. The van der Waals surface area contributed by atoms with Gasteiger partial charge in [-0.05, 0) is 54.8 Å². The summed E-state index contributed by atoms with van der Waals surface area (Å²) in [6.07, 6.45) is 5.03. The first kappa shape index (κ1) is 15.6. The van der Waals surface area contributed by atoms with E-state index in [4.69, 9.17) is 5.73 Å². The van der Waals surface area contributed by atoms with Gasteiger partial charge in [0.2, 0.25) is 10.0 Å². The van der Waals surface area contributed by atoms with Gasteiger partial charge in [-0.15, -0.1) is 0 Å². The van der Waals surface area contributed by atoms with Crippen molar-refractivity contribution >= 4 is 10.0 Å². The molecule has 0 fully saturated rings. The number of aryl methyl sites for hydroxylation is 1. The van der Waals surface area contributed by atoms with Crippen molar-refractivity contribution in [3.05, 3.63) is 59.9 Å². The number of pyridine rings is 1. The lowest BCUT2D eigenvalue weighted by Gasteiger charge is -2.07. The van der Waals surface area contributed by atoms with Crippen molar-refractivity contribution in [2.45, 2.75) is 24.3 Å². The van der Waals surface area contributed by atoms with Crippen LogP contribution in [0.4, 0.5) is 0 Å². The molecule has 3 N–H and O–H groups in total. The number of rotatable bonds is 7. The predicted octanol–water partition coefficient (Wildman–Crippen LogP) is 1.45. The summed E-state index contributed by atoms with van der Waals surface area (Å²) in [6.45, 7) is 0.882. The van der Waals surface area contributed by atoms with Crippen LogP contribution in [-0.2, 0) is 23.0 Å². The highest BCUT2D eigenvalue weighted by atomic mass is 32.2.